The Hall–Kier alpha value is -2.41. The predicted octanol–water partition coefficient (Wildman–Crippen LogP) is 1.71. The molecule has 0 radical (unpaired) electrons. The lowest BCUT2D eigenvalue weighted by atomic mass is 10.2. The number of nitrogens with one attached hydrogen (secondary N) is 1. The molecule has 1 aliphatic rings. The lowest BCUT2D eigenvalue weighted by Gasteiger charge is -2.22. The third-order valence-corrected chi connectivity index (χ3v) is 4.46. The van der Waals surface area contributed by atoms with Crippen LogP contribution in [0.3, 0.4) is 0 Å². The number of benzene rings is 1. The molecule has 0 atom stereocenters. The van der Waals surface area contributed by atoms with Crippen molar-refractivity contribution in [2.75, 3.05) is 13.2 Å². The minimum Gasteiger partial charge on any atom is -0.395 e. The van der Waals surface area contributed by atoms with Crippen LogP contribution in [0.5, 0.6) is 0 Å². The number of urea groups is 1. The van der Waals surface area contributed by atoms with Gasteiger partial charge in [0.2, 0.25) is 0 Å². The molecule has 7 nitrogen and oxygen atoms in total. The van der Waals surface area contributed by atoms with Crippen molar-refractivity contribution in [3.05, 3.63) is 47.5 Å². The molecule has 0 unspecified atom stereocenters. The molecule has 2 aromatic rings. The number of carbonyl (C=O) groups is 1. The van der Waals surface area contributed by atoms with Gasteiger partial charge in [-0.15, -0.1) is 10.2 Å². The zero-order valence-corrected chi connectivity index (χ0v) is 14.4. The van der Waals surface area contributed by atoms with Crippen molar-refractivity contribution in [2.24, 2.45) is 0 Å². The summed E-state index contributed by atoms with van der Waals surface area (Å²) in [5, 5.41) is 20.7. The molecule has 1 aliphatic heterocycles. The van der Waals surface area contributed by atoms with Gasteiger partial charge in [0.15, 0.2) is 5.82 Å². The van der Waals surface area contributed by atoms with Crippen LogP contribution in [0, 0.1) is 0 Å². The molecule has 1 aromatic carbocycles. The summed E-state index contributed by atoms with van der Waals surface area (Å²) in [5.41, 5.74) is 1.03. The molecule has 2 heterocycles. The molecule has 134 valence electrons. The summed E-state index contributed by atoms with van der Waals surface area (Å²) in [4.78, 5) is 14.1. The van der Waals surface area contributed by atoms with Gasteiger partial charge in [-0.2, -0.15) is 0 Å². The maximum absolute atomic E-state index is 12.5. The van der Waals surface area contributed by atoms with Gasteiger partial charge in [-0.05, 0) is 18.4 Å². The number of fused-ring (bicyclic) bond motifs is 1. The van der Waals surface area contributed by atoms with Crippen LogP contribution in [-0.4, -0.2) is 44.0 Å². The van der Waals surface area contributed by atoms with E-state index in [-0.39, 0.29) is 12.6 Å². The average Bonchev–Trinajstić information content (AvgIpc) is 2.86. The summed E-state index contributed by atoms with van der Waals surface area (Å²) in [5.74, 6) is 1.81. The third kappa shape index (κ3) is 4.57. The zero-order valence-electron chi connectivity index (χ0n) is 14.4. The Morgan fingerprint density at radius 3 is 2.84 bits per heavy atom. The van der Waals surface area contributed by atoms with Gasteiger partial charge in [0, 0.05) is 26.1 Å². The van der Waals surface area contributed by atoms with Crippen molar-refractivity contribution in [1.29, 1.82) is 0 Å². The molecule has 3 rings (SSSR count). The highest BCUT2D eigenvalue weighted by atomic mass is 16.3. The van der Waals surface area contributed by atoms with Crippen LogP contribution in [0.4, 0.5) is 4.79 Å². The lowest BCUT2D eigenvalue weighted by Crippen LogP contribution is -2.41. The number of hydrogen-bond acceptors (Lipinski definition) is 4. The van der Waals surface area contributed by atoms with Gasteiger partial charge in [0.05, 0.1) is 13.2 Å². The maximum Gasteiger partial charge on any atom is 0.318 e. The number of aromatic nitrogens is 3. The molecule has 7 heteroatoms. The SMILES string of the molecule is O=C(NCc1nnc2n1CCCCC2)N(CCO)Cc1ccccc1. The normalized spacial score (nSPS) is 13.8. The molecule has 0 aliphatic carbocycles. The Labute approximate surface area is 147 Å². The largest absolute Gasteiger partial charge is 0.395 e. The molecule has 0 saturated carbocycles. The van der Waals surface area contributed by atoms with E-state index in [4.69, 9.17) is 0 Å². The predicted molar refractivity (Wildman–Crippen MR) is 93.8 cm³/mol. The van der Waals surface area contributed by atoms with Crippen LogP contribution in [0.25, 0.3) is 0 Å². The number of aliphatic hydroxyl groups excluding tert-OH is 1. The van der Waals surface area contributed by atoms with Crippen molar-refractivity contribution < 1.29 is 9.90 Å². The summed E-state index contributed by atoms with van der Waals surface area (Å²) < 4.78 is 2.13. The summed E-state index contributed by atoms with van der Waals surface area (Å²) in [7, 11) is 0. The number of nitrogens with zero attached hydrogens (tertiary/aromatic N) is 4. The molecule has 1 aromatic heterocycles. The quantitative estimate of drug-likeness (QED) is 0.836. The third-order valence-electron chi connectivity index (χ3n) is 4.46. The second-order valence-corrected chi connectivity index (χ2v) is 6.28. The minimum absolute atomic E-state index is 0.0689. The molecular weight excluding hydrogens is 318 g/mol. The number of aliphatic hydroxyl groups is 1. The fourth-order valence-corrected chi connectivity index (χ4v) is 3.12. The van der Waals surface area contributed by atoms with E-state index in [1.165, 1.54) is 6.42 Å². The van der Waals surface area contributed by atoms with Gasteiger partial charge in [0.1, 0.15) is 5.82 Å². The molecule has 25 heavy (non-hydrogen) atoms. The Balaban J connectivity index is 1.61. The van der Waals surface area contributed by atoms with E-state index in [0.717, 1.165) is 43.0 Å². The van der Waals surface area contributed by atoms with Crippen LogP contribution in [0.15, 0.2) is 30.3 Å². The number of carbonyl (C=O) groups excluding carboxylic acids is 1. The topological polar surface area (TPSA) is 83.3 Å². The van der Waals surface area contributed by atoms with Crippen LogP contribution in [0.1, 0.15) is 36.5 Å². The molecule has 2 amide bonds. The Kier molecular flexibility index (Phi) is 6.00. The van der Waals surface area contributed by atoms with Crippen molar-refractivity contribution in [2.45, 2.75) is 45.3 Å². The van der Waals surface area contributed by atoms with Crippen molar-refractivity contribution in [3.8, 4) is 0 Å². The van der Waals surface area contributed by atoms with E-state index in [1.807, 2.05) is 30.3 Å². The van der Waals surface area contributed by atoms with Gasteiger partial charge in [0.25, 0.3) is 0 Å². The lowest BCUT2D eigenvalue weighted by molar-refractivity contribution is 0.173. The van der Waals surface area contributed by atoms with Crippen molar-refractivity contribution in [3.63, 3.8) is 0 Å². The van der Waals surface area contributed by atoms with Crippen LogP contribution in [-0.2, 0) is 26.1 Å². The second kappa shape index (κ2) is 8.62. The summed E-state index contributed by atoms with van der Waals surface area (Å²) in [6, 6.07) is 9.55. The smallest absolute Gasteiger partial charge is 0.318 e. The van der Waals surface area contributed by atoms with E-state index in [1.54, 1.807) is 4.90 Å². The Morgan fingerprint density at radius 1 is 1.20 bits per heavy atom. The molecule has 0 fully saturated rings. The highest BCUT2D eigenvalue weighted by Gasteiger charge is 2.17. The number of amides is 2. The van der Waals surface area contributed by atoms with Crippen molar-refractivity contribution >= 4 is 6.03 Å². The number of hydrogen-bond donors (Lipinski definition) is 2. The molecule has 0 spiro atoms. The van der Waals surface area contributed by atoms with Gasteiger partial charge in [-0.1, -0.05) is 36.8 Å². The number of rotatable bonds is 6. The average molecular weight is 343 g/mol. The van der Waals surface area contributed by atoms with Crippen LogP contribution in [0.2, 0.25) is 0 Å². The van der Waals surface area contributed by atoms with E-state index in [9.17, 15) is 9.90 Å². The van der Waals surface area contributed by atoms with E-state index in [2.05, 4.69) is 20.1 Å². The highest BCUT2D eigenvalue weighted by molar-refractivity contribution is 5.74. The first-order valence-electron chi connectivity index (χ1n) is 8.86. The summed E-state index contributed by atoms with van der Waals surface area (Å²) in [6.07, 6.45) is 4.42. The monoisotopic (exact) mass is 343 g/mol. The summed E-state index contributed by atoms with van der Waals surface area (Å²) >= 11 is 0. The summed E-state index contributed by atoms with van der Waals surface area (Å²) in [6.45, 7) is 1.95. The van der Waals surface area contributed by atoms with Gasteiger partial charge in [-0.3, -0.25) is 0 Å². The van der Waals surface area contributed by atoms with Crippen molar-refractivity contribution in [1.82, 2.24) is 25.0 Å². The zero-order chi connectivity index (χ0) is 17.5. The fourth-order valence-electron chi connectivity index (χ4n) is 3.12. The maximum atomic E-state index is 12.5. The van der Waals surface area contributed by atoms with Crippen LogP contribution < -0.4 is 5.32 Å². The second-order valence-electron chi connectivity index (χ2n) is 6.28. The molecule has 2 N–H and O–H groups in total. The highest BCUT2D eigenvalue weighted by Crippen LogP contribution is 2.14. The first-order valence-corrected chi connectivity index (χ1v) is 8.86. The van der Waals surface area contributed by atoms with E-state index < -0.39 is 0 Å². The van der Waals surface area contributed by atoms with Gasteiger partial charge < -0.3 is 19.9 Å². The fraction of sp³-hybridized carbons (Fsp3) is 0.500. The first-order chi connectivity index (χ1) is 12.3. The number of aryl methyl sites for hydroxylation is 1. The van der Waals surface area contributed by atoms with E-state index >= 15 is 0 Å². The Morgan fingerprint density at radius 2 is 2.04 bits per heavy atom. The van der Waals surface area contributed by atoms with Crippen LogP contribution >= 0.6 is 0 Å². The standard InChI is InChI=1S/C18H25N5O2/c24-12-11-22(14-15-7-3-1-4-8-15)18(25)19-13-17-21-20-16-9-5-2-6-10-23(16)17/h1,3-4,7-8,24H,2,5-6,9-14H2,(H,19,25). The Bertz CT molecular complexity index is 686. The van der Waals surface area contributed by atoms with E-state index in [0.29, 0.717) is 19.6 Å². The molecule has 0 bridgehead atoms. The van der Waals surface area contributed by atoms with Gasteiger partial charge in [-0.25, -0.2) is 4.79 Å². The first kappa shape index (κ1) is 17.4. The molecular formula is C18H25N5O2. The minimum atomic E-state index is -0.205. The molecule has 0 saturated heterocycles. The van der Waals surface area contributed by atoms with Gasteiger partial charge >= 0.3 is 6.03 Å².